The molecular weight excluding hydrogens is 321 g/mol. The second-order valence-corrected chi connectivity index (χ2v) is 5.14. The summed E-state index contributed by atoms with van der Waals surface area (Å²) in [5.41, 5.74) is 15.0. The van der Waals surface area contributed by atoms with Crippen molar-refractivity contribution < 1.29 is 0 Å². The fraction of sp³-hybridized carbons (Fsp3) is 0.143. The van der Waals surface area contributed by atoms with E-state index in [1.54, 1.807) is 0 Å². The predicted octanol–water partition coefficient (Wildman–Crippen LogP) is 2.96. The van der Waals surface area contributed by atoms with Crippen LogP contribution in [0.3, 0.4) is 0 Å². The van der Waals surface area contributed by atoms with E-state index in [0.29, 0.717) is 6.54 Å². The van der Waals surface area contributed by atoms with Crippen LogP contribution in [0.2, 0.25) is 0 Å². The molecule has 0 aromatic heterocycles. The van der Waals surface area contributed by atoms with E-state index < -0.39 is 0 Å². The summed E-state index contributed by atoms with van der Waals surface area (Å²) >= 11 is 2.25. The molecule has 0 aliphatic rings. The van der Waals surface area contributed by atoms with Crippen LogP contribution in [-0.2, 0) is 0 Å². The summed E-state index contributed by atoms with van der Waals surface area (Å²) in [4.78, 5) is 0. The Kier molecular flexibility index (Phi) is 4.02. The minimum absolute atomic E-state index is 0.241. The number of benzene rings is 2. The quantitative estimate of drug-likeness (QED) is 0.669. The molecule has 0 spiro atoms. The molecule has 0 saturated carbocycles. The molecule has 17 heavy (non-hydrogen) atoms. The number of nitrogens with two attached hydrogens (primary N) is 2. The standard InChI is InChI=1S/C14H15IN2/c15-13-8-11(6-7-14(13)17)12(9-16)10-4-2-1-3-5-10/h1-8,12H,9,16-17H2/i15-2. The fourth-order valence-electron chi connectivity index (χ4n) is 1.91. The lowest BCUT2D eigenvalue weighted by Crippen LogP contribution is -2.14. The molecule has 1 unspecified atom stereocenters. The van der Waals surface area contributed by atoms with Crippen LogP contribution in [0.5, 0.6) is 0 Å². The van der Waals surface area contributed by atoms with E-state index in [9.17, 15) is 0 Å². The van der Waals surface area contributed by atoms with Gasteiger partial charge in [0.1, 0.15) is 0 Å². The first kappa shape index (κ1) is 12.4. The molecule has 0 fully saturated rings. The Bertz CT molecular complexity index is 497. The van der Waals surface area contributed by atoms with E-state index in [4.69, 9.17) is 11.5 Å². The lowest BCUT2D eigenvalue weighted by Gasteiger charge is -2.16. The number of halogens is 1. The van der Waals surface area contributed by atoms with Gasteiger partial charge in [-0.3, -0.25) is 0 Å². The van der Waals surface area contributed by atoms with E-state index in [1.807, 2.05) is 24.3 Å². The minimum Gasteiger partial charge on any atom is -0.398 e. The summed E-state index contributed by atoms with van der Waals surface area (Å²) in [6.45, 7) is 0.601. The van der Waals surface area contributed by atoms with E-state index in [2.05, 4.69) is 46.9 Å². The summed E-state index contributed by atoms with van der Waals surface area (Å²) in [6, 6.07) is 16.4. The van der Waals surface area contributed by atoms with Gasteiger partial charge in [0.15, 0.2) is 0 Å². The summed E-state index contributed by atoms with van der Waals surface area (Å²) in [5, 5.41) is 0. The largest absolute Gasteiger partial charge is 0.398 e. The molecule has 0 heterocycles. The molecule has 0 amide bonds. The number of nitrogen functional groups attached to an aromatic ring is 1. The SMILES string of the molecule is NCC(c1ccccc1)c1ccc(N)c([125I])c1. The Morgan fingerprint density at radius 2 is 1.71 bits per heavy atom. The van der Waals surface area contributed by atoms with E-state index in [-0.39, 0.29) is 5.92 Å². The van der Waals surface area contributed by atoms with Crippen LogP contribution in [0.4, 0.5) is 5.69 Å². The molecule has 2 nitrogen and oxygen atoms in total. The maximum absolute atomic E-state index is 5.89. The van der Waals surface area contributed by atoms with Gasteiger partial charge in [0, 0.05) is 21.7 Å². The molecule has 0 saturated heterocycles. The van der Waals surface area contributed by atoms with Gasteiger partial charge in [0.25, 0.3) is 0 Å². The van der Waals surface area contributed by atoms with Crippen LogP contribution < -0.4 is 11.5 Å². The maximum Gasteiger partial charge on any atom is 0.0449 e. The lowest BCUT2D eigenvalue weighted by atomic mass is 9.91. The maximum atomic E-state index is 5.89. The molecule has 2 aromatic carbocycles. The van der Waals surface area contributed by atoms with Gasteiger partial charge in [0.05, 0.1) is 0 Å². The lowest BCUT2D eigenvalue weighted by molar-refractivity contribution is 0.818. The minimum atomic E-state index is 0.241. The number of rotatable bonds is 3. The average molecular weight is 336 g/mol. The molecule has 0 aliphatic heterocycles. The van der Waals surface area contributed by atoms with Gasteiger partial charge in [0.2, 0.25) is 0 Å². The van der Waals surface area contributed by atoms with Crippen molar-refractivity contribution in [1.82, 2.24) is 0 Å². The van der Waals surface area contributed by atoms with Crippen molar-refractivity contribution in [3.8, 4) is 0 Å². The third kappa shape index (κ3) is 2.79. The molecule has 2 aromatic rings. The number of anilines is 1. The molecular formula is C14H15IN2. The third-order valence-corrected chi connectivity index (χ3v) is 3.80. The van der Waals surface area contributed by atoms with Gasteiger partial charge in [-0.15, -0.1) is 0 Å². The summed E-state index contributed by atoms with van der Waals surface area (Å²) < 4.78 is 1.08. The van der Waals surface area contributed by atoms with E-state index in [1.165, 1.54) is 11.1 Å². The summed E-state index contributed by atoms with van der Waals surface area (Å²) in [6.07, 6.45) is 0. The monoisotopic (exact) mass is 336 g/mol. The van der Waals surface area contributed by atoms with Gasteiger partial charge < -0.3 is 11.5 Å². The highest BCUT2D eigenvalue weighted by molar-refractivity contribution is 14.1. The Morgan fingerprint density at radius 3 is 2.29 bits per heavy atom. The summed E-state index contributed by atoms with van der Waals surface area (Å²) in [7, 11) is 0. The highest BCUT2D eigenvalue weighted by Crippen LogP contribution is 2.26. The van der Waals surface area contributed by atoms with Crippen molar-refractivity contribution in [3.05, 3.63) is 63.2 Å². The van der Waals surface area contributed by atoms with Crippen molar-refractivity contribution in [1.29, 1.82) is 0 Å². The van der Waals surface area contributed by atoms with Crippen molar-refractivity contribution in [3.63, 3.8) is 0 Å². The zero-order valence-electron chi connectivity index (χ0n) is 9.44. The zero-order chi connectivity index (χ0) is 12.3. The first-order chi connectivity index (χ1) is 8.22. The first-order valence-electron chi connectivity index (χ1n) is 5.52. The number of hydrogen-bond acceptors (Lipinski definition) is 2. The van der Waals surface area contributed by atoms with Crippen LogP contribution in [0.25, 0.3) is 0 Å². The number of hydrogen-bond donors (Lipinski definition) is 2. The summed E-state index contributed by atoms with van der Waals surface area (Å²) in [5.74, 6) is 0.241. The molecule has 0 bridgehead atoms. The molecule has 1 atom stereocenters. The normalized spacial score (nSPS) is 12.4. The van der Waals surface area contributed by atoms with Gasteiger partial charge >= 0.3 is 0 Å². The van der Waals surface area contributed by atoms with Gasteiger partial charge in [-0.1, -0.05) is 36.4 Å². The van der Waals surface area contributed by atoms with Crippen molar-refractivity contribution in [2.45, 2.75) is 5.92 Å². The van der Waals surface area contributed by atoms with Crippen molar-refractivity contribution in [2.24, 2.45) is 5.73 Å². The second-order valence-electron chi connectivity index (χ2n) is 3.98. The highest BCUT2D eigenvalue weighted by atomic mass is 125. The second kappa shape index (κ2) is 5.51. The average Bonchev–Trinajstić information content (AvgIpc) is 2.36. The molecule has 0 radical (unpaired) electrons. The third-order valence-electron chi connectivity index (χ3n) is 2.86. The molecule has 4 N–H and O–H groups in total. The predicted molar refractivity (Wildman–Crippen MR) is 80.9 cm³/mol. The Hall–Kier alpha value is -1.07. The Labute approximate surface area is 115 Å². The van der Waals surface area contributed by atoms with Crippen LogP contribution in [-0.4, -0.2) is 6.54 Å². The van der Waals surface area contributed by atoms with E-state index in [0.717, 1.165) is 9.26 Å². The van der Waals surface area contributed by atoms with Crippen LogP contribution in [0.1, 0.15) is 17.0 Å². The zero-order valence-corrected chi connectivity index (χ0v) is 11.6. The van der Waals surface area contributed by atoms with Gasteiger partial charge in [-0.2, -0.15) is 0 Å². The molecule has 0 aliphatic carbocycles. The van der Waals surface area contributed by atoms with E-state index >= 15 is 0 Å². The van der Waals surface area contributed by atoms with Gasteiger partial charge in [-0.05, 0) is 45.9 Å². The Balaban J connectivity index is 2.39. The molecule has 2 rings (SSSR count). The Morgan fingerprint density at radius 1 is 1.00 bits per heavy atom. The first-order valence-corrected chi connectivity index (χ1v) is 6.60. The highest BCUT2D eigenvalue weighted by Gasteiger charge is 2.12. The van der Waals surface area contributed by atoms with Crippen LogP contribution >= 0.6 is 22.6 Å². The molecule has 88 valence electrons. The van der Waals surface area contributed by atoms with Crippen molar-refractivity contribution in [2.75, 3.05) is 12.3 Å². The van der Waals surface area contributed by atoms with Crippen molar-refractivity contribution >= 4 is 28.3 Å². The van der Waals surface area contributed by atoms with Crippen LogP contribution in [0, 0.1) is 3.57 Å². The van der Waals surface area contributed by atoms with Crippen LogP contribution in [0.15, 0.2) is 48.5 Å². The van der Waals surface area contributed by atoms with Gasteiger partial charge in [-0.25, -0.2) is 0 Å². The smallest absolute Gasteiger partial charge is 0.0449 e. The molecule has 3 heteroatoms. The topological polar surface area (TPSA) is 52.0 Å². The fourth-order valence-corrected chi connectivity index (χ4v) is 2.45.